The van der Waals surface area contributed by atoms with Gasteiger partial charge in [-0.05, 0) is 44.0 Å². The third-order valence-electron chi connectivity index (χ3n) is 4.75. The van der Waals surface area contributed by atoms with E-state index in [2.05, 4.69) is 5.10 Å². The fourth-order valence-corrected chi connectivity index (χ4v) is 3.19. The highest BCUT2D eigenvalue weighted by Gasteiger charge is 2.30. The molecule has 1 aromatic carbocycles. The molecule has 0 unspecified atom stereocenters. The molecule has 1 aromatic heterocycles. The first-order chi connectivity index (χ1) is 11.9. The van der Waals surface area contributed by atoms with Crippen LogP contribution in [0.1, 0.15) is 50.2 Å². The summed E-state index contributed by atoms with van der Waals surface area (Å²) in [6.45, 7) is 7.08. The molecule has 0 bridgehead atoms. The molecule has 0 spiro atoms. The Morgan fingerprint density at radius 2 is 2.00 bits per heavy atom. The number of amides is 1. The standard InChI is InChI=1S/C19H23N3O3/c1-5-25-19(24)17-15-11-22(9-8-16(15)21(4)20-17)18(23)14-7-6-12(2)13(3)10-14/h6-7,10H,5,8-9,11H2,1-4H3. The molecule has 6 heteroatoms. The van der Waals surface area contributed by atoms with Crippen molar-refractivity contribution in [1.29, 1.82) is 0 Å². The Morgan fingerprint density at radius 3 is 2.68 bits per heavy atom. The third-order valence-corrected chi connectivity index (χ3v) is 4.75. The first-order valence-electron chi connectivity index (χ1n) is 8.50. The Labute approximate surface area is 147 Å². The van der Waals surface area contributed by atoms with Gasteiger partial charge in [-0.3, -0.25) is 9.48 Å². The predicted molar refractivity (Wildman–Crippen MR) is 93.5 cm³/mol. The normalized spacial score (nSPS) is 13.5. The minimum absolute atomic E-state index is 0.0209. The molecule has 0 saturated heterocycles. The summed E-state index contributed by atoms with van der Waals surface area (Å²) in [5.41, 5.74) is 5.04. The van der Waals surface area contributed by atoms with Crippen molar-refractivity contribution >= 4 is 11.9 Å². The third kappa shape index (κ3) is 3.16. The largest absolute Gasteiger partial charge is 0.461 e. The van der Waals surface area contributed by atoms with Crippen LogP contribution in [0.2, 0.25) is 0 Å². The van der Waals surface area contributed by atoms with E-state index in [-0.39, 0.29) is 5.91 Å². The molecule has 132 valence electrons. The minimum atomic E-state index is -0.431. The number of nitrogens with zero attached hydrogens (tertiary/aromatic N) is 3. The van der Waals surface area contributed by atoms with Crippen LogP contribution in [0.15, 0.2) is 18.2 Å². The second-order valence-corrected chi connectivity index (χ2v) is 6.39. The lowest BCUT2D eigenvalue weighted by molar-refractivity contribution is 0.0513. The Hall–Kier alpha value is -2.63. The van der Waals surface area contributed by atoms with Crippen LogP contribution in [0.5, 0.6) is 0 Å². The van der Waals surface area contributed by atoms with Gasteiger partial charge in [-0.2, -0.15) is 5.10 Å². The lowest BCUT2D eigenvalue weighted by Crippen LogP contribution is -2.36. The van der Waals surface area contributed by atoms with Crippen LogP contribution in [0, 0.1) is 13.8 Å². The van der Waals surface area contributed by atoms with E-state index < -0.39 is 5.97 Å². The second-order valence-electron chi connectivity index (χ2n) is 6.39. The van der Waals surface area contributed by atoms with Gasteiger partial charge in [0, 0.05) is 36.8 Å². The zero-order chi connectivity index (χ0) is 18.1. The summed E-state index contributed by atoms with van der Waals surface area (Å²) in [5, 5.41) is 4.31. The molecule has 1 aliphatic rings. The number of carbonyl (C=O) groups excluding carboxylic acids is 2. The Kier molecular flexibility index (Phi) is 4.61. The molecule has 0 radical (unpaired) electrons. The molecule has 1 amide bonds. The summed E-state index contributed by atoms with van der Waals surface area (Å²) in [4.78, 5) is 26.8. The molecule has 0 fully saturated rings. The van der Waals surface area contributed by atoms with Crippen molar-refractivity contribution < 1.29 is 14.3 Å². The molecule has 6 nitrogen and oxygen atoms in total. The number of aromatic nitrogens is 2. The van der Waals surface area contributed by atoms with Crippen LogP contribution < -0.4 is 0 Å². The summed E-state index contributed by atoms with van der Waals surface area (Å²) in [6, 6.07) is 5.74. The summed E-state index contributed by atoms with van der Waals surface area (Å²) < 4.78 is 6.82. The van der Waals surface area contributed by atoms with E-state index in [0.717, 1.165) is 22.4 Å². The predicted octanol–water partition coefficient (Wildman–Crippen LogP) is 2.41. The number of esters is 1. The summed E-state index contributed by atoms with van der Waals surface area (Å²) in [5.74, 6) is -0.452. The number of benzene rings is 1. The number of rotatable bonds is 3. The van der Waals surface area contributed by atoms with Crippen LogP contribution in [0.25, 0.3) is 0 Å². The molecule has 3 rings (SSSR count). The Morgan fingerprint density at radius 1 is 1.24 bits per heavy atom. The van der Waals surface area contributed by atoms with Gasteiger partial charge >= 0.3 is 5.97 Å². The van der Waals surface area contributed by atoms with Crippen LogP contribution in [-0.4, -0.2) is 39.7 Å². The van der Waals surface area contributed by atoms with Gasteiger partial charge in [-0.25, -0.2) is 4.79 Å². The van der Waals surface area contributed by atoms with Gasteiger partial charge in [0.1, 0.15) is 0 Å². The molecule has 2 heterocycles. The highest BCUT2D eigenvalue weighted by molar-refractivity contribution is 5.95. The quantitative estimate of drug-likeness (QED) is 0.804. The van der Waals surface area contributed by atoms with Crippen LogP contribution in [0.4, 0.5) is 0 Å². The van der Waals surface area contributed by atoms with E-state index >= 15 is 0 Å². The number of carbonyl (C=O) groups is 2. The molecular weight excluding hydrogens is 318 g/mol. The molecule has 0 atom stereocenters. The van der Waals surface area contributed by atoms with Gasteiger partial charge in [0.2, 0.25) is 0 Å². The van der Waals surface area contributed by atoms with Crippen molar-refractivity contribution in [1.82, 2.24) is 14.7 Å². The van der Waals surface area contributed by atoms with Crippen molar-refractivity contribution in [3.8, 4) is 0 Å². The molecular formula is C19H23N3O3. The molecule has 1 aliphatic heterocycles. The zero-order valence-corrected chi connectivity index (χ0v) is 15.1. The van der Waals surface area contributed by atoms with E-state index in [1.165, 1.54) is 0 Å². The lowest BCUT2D eigenvalue weighted by atomic mass is 10.0. The summed E-state index contributed by atoms with van der Waals surface area (Å²) in [6.07, 6.45) is 0.675. The second kappa shape index (κ2) is 6.70. The van der Waals surface area contributed by atoms with Gasteiger partial charge in [0.25, 0.3) is 5.91 Å². The van der Waals surface area contributed by atoms with E-state index in [9.17, 15) is 9.59 Å². The first-order valence-corrected chi connectivity index (χ1v) is 8.50. The van der Waals surface area contributed by atoms with Crippen molar-refractivity contribution in [3.63, 3.8) is 0 Å². The topological polar surface area (TPSA) is 64.4 Å². The summed E-state index contributed by atoms with van der Waals surface area (Å²) >= 11 is 0. The van der Waals surface area contributed by atoms with Crippen molar-refractivity contribution in [2.24, 2.45) is 7.05 Å². The maximum absolute atomic E-state index is 12.9. The van der Waals surface area contributed by atoms with E-state index in [1.54, 1.807) is 16.5 Å². The maximum Gasteiger partial charge on any atom is 0.359 e. The summed E-state index contributed by atoms with van der Waals surface area (Å²) in [7, 11) is 1.82. The molecule has 0 N–H and O–H groups in total. The van der Waals surface area contributed by atoms with Gasteiger partial charge in [-0.15, -0.1) is 0 Å². The minimum Gasteiger partial charge on any atom is -0.461 e. The van der Waals surface area contributed by atoms with Crippen molar-refractivity contribution in [3.05, 3.63) is 51.8 Å². The van der Waals surface area contributed by atoms with Crippen LogP contribution in [0.3, 0.4) is 0 Å². The highest BCUT2D eigenvalue weighted by atomic mass is 16.5. The van der Waals surface area contributed by atoms with Crippen molar-refractivity contribution in [2.45, 2.75) is 33.7 Å². The van der Waals surface area contributed by atoms with Gasteiger partial charge in [-0.1, -0.05) is 6.07 Å². The first kappa shape index (κ1) is 17.2. The van der Waals surface area contributed by atoms with Crippen LogP contribution in [-0.2, 0) is 24.8 Å². The average molecular weight is 341 g/mol. The molecule has 0 saturated carbocycles. The number of fused-ring (bicyclic) bond motifs is 1. The number of hydrogen-bond acceptors (Lipinski definition) is 4. The van der Waals surface area contributed by atoms with Gasteiger partial charge < -0.3 is 9.64 Å². The fraction of sp³-hybridized carbons (Fsp3) is 0.421. The highest BCUT2D eigenvalue weighted by Crippen LogP contribution is 2.24. The molecule has 0 aliphatic carbocycles. The van der Waals surface area contributed by atoms with Crippen LogP contribution >= 0.6 is 0 Å². The smallest absolute Gasteiger partial charge is 0.359 e. The number of ether oxygens (including phenoxy) is 1. The molecule has 25 heavy (non-hydrogen) atoms. The Bertz CT molecular complexity index is 839. The number of aryl methyl sites for hydroxylation is 3. The fourth-order valence-electron chi connectivity index (χ4n) is 3.19. The monoisotopic (exact) mass is 341 g/mol. The SMILES string of the molecule is CCOC(=O)c1nn(C)c2c1CN(C(=O)c1ccc(C)c(C)c1)CC2. The van der Waals surface area contributed by atoms with E-state index in [1.807, 2.05) is 39.1 Å². The number of hydrogen-bond donors (Lipinski definition) is 0. The van der Waals surface area contributed by atoms with Gasteiger partial charge in [0.05, 0.1) is 13.2 Å². The average Bonchev–Trinajstić information content (AvgIpc) is 2.93. The zero-order valence-electron chi connectivity index (χ0n) is 15.1. The molecule has 2 aromatic rings. The van der Waals surface area contributed by atoms with E-state index in [4.69, 9.17) is 4.74 Å². The Balaban J connectivity index is 1.88. The van der Waals surface area contributed by atoms with E-state index in [0.29, 0.717) is 37.4 Å². The van der Waals surface area contributed by atoms with Crippen molar-refractivity contribution in [2.75, 3.05) is 13.2 Å². The lowest BCUT2D eigenvalue weighted by Gasteiger charge is -2.27. The van der Waals surface area contributed by atoms with Gasteiger partial charge in [0.15, 0.2) is 5.69 Å². The maximum atomic E-state index is 12.9.